The number of aromatic amines is 1. The van der Waals surface area contributed by atoms with Gasteiger partial charge in [0, 0.05) is 43.3 Å². The number of carbonyl (C=O) groups excluding carboxylic acids is 3. The van der Waals surface area contributed by atoms with E-state index < -0.39 is 12.1 Å². The number of fused-ring (bicyclic) bond motifs is 1. The fourth-order valence-electron chi connectivity index (χ4n) is 5.81. The smallest absolute Gasteiger partial charge is 0.243 e. The average Bonchev–Trinajstić information content (AvgIpc) is 3.74. The van der Waals surface area contributed by atoms with E-state index in [9.17, 15) is 14.4 Å². The van der Waals surface area contributed by atoms with E-state index in [0.717, 1.165) is 60.4 Å². The quantitative estimate of drug-likeness (QED) is 0.358. The first-order valence-corrected chi connectivity index (χ1v) is 14.1. The van der Waals surface area contributed by atoms with Crippen molar-refractivity contribution in [2.75, 3.05) is 26.7 Å². The topological polar surface area (TPSA) is 134 Å². The molecule has 3 aromatic rings. The summed E-state index contributed by atoms with van der Waals surface area (Å²) in [5.41, 5.74) is 9.04. The first-order valence-electron chi connectivity index (χ1n) is 14.1. The summed E-state index contributed by atoms with van der Waals surface area (Å²) in [4.78, 5) is 50.5. The summed E-state index contributed by atoms with van der Waals surface area (Å²) in [6.07, 6.45) is 5.53. The largest absolute Gasteiger partial charge is 0.497 e. The van der Waals surface area contributed by atoms with Gasteiger partial charge in [-0.15, -0.1) is 0 Å². The number of nitrogens with zero attached hydrogens (tertiary/aromatic N) is 3. The summed E-state index contributed by atoms with van der Waals surface area (Å²) < 4.78 is 5.26. The monoisotopic (exact) mass is 546 g/mol. The van der Waals surface area contributed by atoms with E-state index in [1.54, 1.807) is 18.2 Å². The third kappa shape index (κ3) is 6.44. The molecule has 3 atom stereocenters. The Morgan fingerprint density at radius 1 is 1.18 bits per heavy atom. The zero-order valence-electron chi connectivity index (χ0n) is 23.0. The molecule has 4 N–H and O–H groups in total. The molecule has 0 saturated carbocycles. The highest BCUT2D eigenvalue weighted by Gasteiger charge is 2.41. The van der Waals surface area contributed by atoms with Gasteiger partial charge in [0.1, 0.15) is 17.4 Å². The average molecular weight is 547 g/mol. The van der Waals surface area contributed by atoms with Crippen molar-refractivity contribution in [2.45, 2.75) is 57.2 Å². The molecule has 5 rings (SSSR count). The van der Waals surface area contributed by atoms with Crippen LogP contribution in [0.2, 0.25) is 0 Å². The molecule has 0 bridgehead atoms. The molecule has 4 heterocycles. The second-order valence-electron chi connectivity index (χ2n) is 10.8. The normalized spacial score (nSPS) is 19.6. The van der Waals surface area contributed by atoms with E-state index in [1.807, 2.05) is 47.4 Å². The summed E-state index contributed by atoms with van der Waals surface area (Å²) in [5.74, 6) is 0.440. The van der Waals surface area contributed by atoms with Gasteiger partial charge in [-0.1, -0.05) is 12.1 Å². The van der Waals surface area contributed by atoms with Crippen molar-refractivity contribution in [3.05, 3.63) is 59.9 Å². The SMILES string of the molecule is COc1ccc(C[C@@H]2C[C@@H](C(=O)NCc3cc4cccnc4[nH]3)N(C(=O)[C@H](N)CCC(=O)N3CCCC3)C2)cc1. The Kier molecular flexibility index (Phi) is 8.64. The lowest BCUT2D eigenvalue weighted by Crippen LogP contribution is -2.51. The van der Waals surface area contributed by atoms with Crippen molar-refractivity contribution in [3.63, 3.8) is 0 Å². The Hall–Kier alpha value is -3.92. The van der Waals surface area contributed by atoms with Crippen LogP contribution < -0.4 is 15.8 Å². The van der Waals surface area contributed by atoms with Crippen LogP contribution in [-0.2, 0) is 27.3 Å². The molecule has 2 aliphatic heterocycles. The molecule has 10 heteroatoms. The van der Waals surface area contributed by atoms with Gasteiger partial charge in [-0.2, -0.15) is 0 Å². The minimum Gasteiger partial charge on any atom is -0.497 e. The predicted molar refractivity (Wildman–Crippen MR) is 151 cm³/mol. The molecule has 2 fully saturated rings. The Bertz CT molecular complexity index is 1300. The third-order valence-electron chi connectivity index (χ3n) is 8.00. The number of aromatic nitrogens is 2. The number of ether oxygens (including phenoxy) is 1. The number of carbonyl (C=O) groups is 3. The summed E-state index contributed by atoms with van der Waals surface area (Å²) in [7, 11) is 1.63. The maximum absolute atomic E-state index is 13.5. The third-order valence-corrected chi connectivity index (χ3v) is 8.00. The number of amides is 3. The van der Waals surface area contributed by atoms with Crippen LogP contribution in [0.1, 0.15) is 43.4 Å². The lowest BCUT2D eigenvalue weighted by Gasteiger charge is -2.27. The number of benzene rings is 1. The Morgan fingerprint density at radius 2 is 1.95 bits per heavy atom. The molecule has 1 aromatic carbocycles. The van der Waals surface area contributed by atoms with Crippen LogP contribution in [0.25, 0.3) is 11.0 Å². The van der Waals surface area contributed by atoms with Gasteiger partial charge in [0.25, 0.3) is 0 Å². The maximum Gasteiger partial charge on any atom is 0.243 e. The van der Waals surface area contributed by atoms with Gasteiger partial charge < -0.3 is 30.6 Å². The first kappa shape index (κ1) is 27.6. The molecule has 10 nitrogen and oxygen atoms in total. The van der Waals surface area contributed by atoms with Crippen LogP contribution in [0.5, 0.6) is 5.75 Å². The number of nitrogens with one attached hydrogen (secondary N) is 2. The standard InChI is InChI=1S/C30H38N6O4/c1-40-24-8-6-20(7-9-24)15-21-16-26(29(38)33-18-23-17-22-5-4-12-32-28(22)34-23)36(19-21)30(39)25(31)10-11-27(37)35-13-2-3-14-35/h4-9,12,17,21,25-26H,2-3,10-11,13-16,18-19,31H2,1H3,(H,32,34)(H,33,38)/t21-,25-,26+/m1/s1. The summed E-state index contributed by atoms with van der Waals surface area (Å²) in [6.45, 7) is 2.28. The molecule has 0 unspecified atom stereocenters. The van der Waals surface area contributed by atoms with Crippen LogP contribution in [0.4, 0.5) is 0 Å². The molecule has 0 radical (unpaired) electrons. The molecular weight excluding hydrogens is 508 g/mol. The van der Waals surface area contributed by atoms with Crippen molar-refractivity contribution < 1.29 is 19.1 Å². The van der Waals surface area contributed by atoms with Gasteiger partial charge in [-0.05, 0) is 73.9 Å². The second-order valence-corrected chi connectivity index (χ2v) is 10.8. The highest BCUT2D eigenvalue weighted by molar-refractivity contribution is 5.91. The van der Waals surface area contributed by atoms with Gasteiger partial charge in [0.2, 0.25) is 17.7 Å². The maximum atomic E-state index is 13.5. The van der Waals surface area contributed by atoms with Gasteiger partial charge in [0.15, 0.2) is 0 Å². The van der Waals surface area contributed by atoms with E-state index in [4.69, 9.17) is 10.5 Å². The lowest BCUT2D eigenvalue weighted by molar-refractivity contribution is -0.140. The summed E-state index contributed by atoms with van der Waals surface area (Å²) in [5, 5.41) is 3.97. The van der Waals surface area contributed by atoms with Gasteiger partial charge in [-0.25, -0.2) is 4.98 Å². The van der Waals surface area contributed by atoms with E-state index >= 15 is 0 Å². The van der Waals surface area contributed by atoms with Crippen LogP contribution in [0.15, 0.2) is 48.7 Å². The van der Waals surface area contributed by atoms with Crippen molar-refractivity contribution in [2.24, 2.45) is 11.7 Å². The molecule has 2 saturated heterocycles. The molecule has 212 valence electrons. The van der Waals surface area contributed by atoms with Crippen molar-refractivity contribution >= 4 is 28.8 Å². The highest BCUT2D eigenvalue weighted by Crippen LogP contribution is 2.28. The molecule has 0 spiro atoms. The molecule has 2 aromatic heterocycles. The van der Waals surface area contributed by atoms with Crippen LogP contribution in [0, 0.1) is 5.92 Å². The van der Waals surface area contributed by atoms with E-state index in [-0.39, 0.29) is 36.5 Å². The van der Waals surface area contributed by atoms with Crippen LogP contribution in [0.3, 0.4) is 0 Å². The number of rotatable bonds is 10. The molecule has 3 amide bonds. The number of likely N-dealkylation sites (tertiary alicyclic amines) is 2. The zero-order chi connectivity index (χ0) is 28.1. The van der Waals surface area contributed by atoms with E-state index in [1.165, 1.54) is 0 Å². The van der Waals surface area contributed by atoms with E-state index in [0.29, 0.717) is 19.5 Å². The van der Waals surface area contributed by atoms with Crippen LogP contribution in [-0.4, -0.2) is 76.3 Å². The Balaban J connectivity index is 1.24. The van der Waals surface area contributed by atoms with Gasteiger partial charge in [-0.3, -0.25) is 14.4 Å². The fourth-order valence-corrected chi connectivity index (χ4v) is 5.81. The van der Waals surface area contributed by atoms with E-state index in [2.05, 4.69) is 15.3 Å². The minimum absolute atomic E-state index is 0.0432. The second kappa shape index (κ2) is 12.5. The fraction of sp³-hybridized carbons (Fsp3) is 0.467. The number of hydrogen-bond acceptors (Lipinski definition) is 6. The number of methoxy groups -OCH3 is 1. The van der Waals surface area contributed by atoms with Crippen molar-refractivity contribution in [1.82, 2.24) is 25.1 Å². The Labute approximate surface area is 234 Å². The predicted octanol–water partition coefficient (Wildman–Crippen LogP) is 2.38. The van der Waals surface area contributed by atoms with Crippen LogP contribution >= 0.6 is 0 Å². The minimum atomic E-state index is -0.832. The highest BCUT2D eigenvalue weighted by atomic mass is 16.5. The first-order chi connectivity index (χ1) is 19.4. The molecule has 0 aliphatic carbocycles. The van der Waals surface area contributed by atoms with Gasteiger partial charge >= 0.3 is 0 Å². The number of nitrogens with two attached hydrogens (primary N) is 1. The summed E-state index contributed by atoms with van der Waals surface area (Å²) >= 11 is 0. The number of hydrogen-bond donors (Lipinski definition) is 3. The molecule has 2 aliphatic rings. The van der Waals surface area contributed by atoms with Crippen molar-refractivity contribution in [1.29, 1.82) is 0 Å². The zero-order valence-corrected chi connectivity index (χ0v) is 23.0. The van der Waals surface area contributed by atoms with Crippen molar-refractivity contribution in [3.8, 4) is 5.75 Å². The number of H-pyrrole nitrogens is 1. The Morgan fingerprint density at radius 3 is 2.67 bits per heavy atom. The lowest BCUT2D eigenvalue weighted by atomic mass is 9.96. The van der Waals surface area contributed by atoms with Gasteiger partial charge in [0.05, 0.1) is 19.7 Å². The number of pyridine rings is 1. The molecular formula is C30H38N6O4. The molecule has 40 heavy (non-hydrogen) atoms. The summed E-state index contributed by atoms with van der Waals surface area (Å²) in [6, 6.07) is 12.2.